The molecule has 1 saturated carbocycles. The van der Waals surface area contributed by atoms with Crippen LogP contribution in [-0.4, -0.2) is 32.9 Å². The largest absolute Gasteiger partial charge is 0.492 e. The molecule has 2 rings (SSSR count). The fraction of sp³-hybridized carbons (Fsp3) is 0.625. The summed E-state index contributed by atoms with van der Waals surface area (Å²) in [6, 6.07) is 6.51. The molecule has 0 saturated heterocycles. The van der Waals surface area contributed by atoms with Crippen molar-refractivity contribution in [3.63, 3.8) is 0 Å². The highest BCUT2D eigenvalue weighted by Crippen LogP contribution is 2.40. The summed E-state index contributed by atoms with van der Waals surface area (Å²) < 4.78 is 10.9. The molecule has 20 heavy (non-hydrogen) atoms. The van der Waals surface area contributed by atoms with E-state index in [-0.39, 0.29) is 0 Å². The number of methoxy groups -OCH3 is 1. The molecule has 112 valence electrons. The van der Waals surface area contributed by atoms with Crippen LogP contribution < -0.4 is 15.4 Å². The van der Waals surface area contributed by atoms with Crippen LogP contribution >= 0.6 is 0 Å². The molecule has 0 radical (unpaired) electrons. The molecule has 0 aliphatic heterocycles. The predicted octanol–water partition coefficient (Wildman–Crippen LogP) is 2.92. The van der Waals surface area contributed by atoms with Gasteiger partial charge < -0.3 is 20.1 Å². The second-order valence-electron chi connectivity index (χ2n) is 5.39. The smallest absolute Gasteiger partial charge is 0.144 e. The van der Waals surface area contributed by atoms with Gasteiger partial charge in [-0.15, -0.1) is 0 Å². The fourth-order valence-corrected chi connectivity index (χ4v) is 2.63. The molecule has 1 atom stereocenters. The van der Waals surface area contributed by atoms with Gasteiger partial charge in [-0.05, 0) is 44.7 Å². The van der Waals surface area contributed by atoms with Crippen LogP contribution in [0.25, 0.3) is 0 Å². The number of anilines is 2. The molecule has 4 heteroatoms. The highest BCUT2D eigenvalue weighted by atomic mass is 16.5. The van der Waals surface area contributed by atoms with Crippen molar-refractivity contribution in [3.8, 4) is 5.75 Å². The number of benzene rings is 1. The van der Waals surface area contributed by atoms with Crippen molar-refractivity contribution in [1.82, 2.24) is 0 Å². The van der Waals surface area contributed by atoms with Crippen molar-refractivity contribution in [2.45, 2.75) is 32.7 Å². The summed E-state index contributed by atoms with van der Waals surface area (Å²) in [7, 11) is 1.74. The predicted molar refractivity (Wildman–Crippen MR) is 83.4 cm³/mol. The van der Waals surface area contributed by atoms with E-state index in [1.807, 2.05) is 19.1 Å². The summed E-state index contributed by atoms with van der Waals surface area (Å²) in [5.74, 6) is 1.55. The summed E-state index contributed by atoms with van der Waals surface area (Å²) >= 11 is 0. The Balaban J connectivity index is 2.24. The SMILES string of the molecule is CCOc1cccc(N(CCOC)C(C)C2CC2)c1N. The monoisotopic (exact) mass is 278 g/mol. The minimum absolute atomic E-state index is 0.490. The van der Waals surface area contributed by atoms with Gasteiger partial charge in [0.1, 0.15) is 5.75 Å². The molecule has 0 amide bonds. The zero-order valence-electron chi connectivity index (χ0n) is 12.8. The Hall–Kier alpha value is -1.42. The minimum Gasteiger partial charge on any atom is -0.492 e. The maximum Gasteiger partial charge on any atom is 0.144 e. The van der Waals surface area contributed by atoms with Crippen LogP contribution in [0, 0.1) is 5.92 Å². The third-order valence-electron chi connectivity index (χ3n) is 3.98. The van der Waals surface area contributed by atoms with Crippen LogP contribution in [0.5, 0.6) is 5.75 Å². The lowest BCUT2D eigenvalue weighted by Crippen LogP contribution is -2.37. The first kappa shape index (κ1) is 15.0. The third kappa shape index (κ3) is 3.37. The molecule has 0 bridgehead atoms. The highest BCUT2D eigenvalue weighted by molar-refractivity contribution is 5.74. The van der Waals surface area contributed by atoms with Crippen molar-refractivity contribution in [1.29, 1.82) is 0 Å². The number of para-hydroxylation sites is 1. The molecule has 0 heterocycles. The van der Waals surface area contributed by atoms with E-state index < -0.39 is 0 Å². The van der Waals surface area contributed by atoms with Crippen LogP contribution in [0.4, 0.5) is 11.4 Å². The second-order valence-corrected chi connectivity index (χ2v) is 5.39. The average Bonchev–Trinajstić information content (AvgIpc) is 3.27. The van der Waals surface area contributed by atoms with Gasteiger partial charge in [-0.3, -0.25) is 0 Å². The van der Waals surface area contributed by atoms with Gasteiger partial charge in [0.05, 0.1) is 24.6 Å². The van der Waals surface area contributed by atoms with Crippen molar-refractivity contribution in [2.24, 2.45) is 5.92 Å². The van der Waals surface area contributed by atoms with Crippen molar-refractivity contribution >= 4 is 11.4 Å². The van der Waals surface area contributed by atoms with Crippen LogP contribution in [0.15, 0.2) is 18.2 Å². The molecule has 1 aromatic rings. The molecule has 0 aromatic heterocycles. The Kier molecular flexibility index (Phi) is 5.12. The van der Waals surface area contributed by atoms with E-state index in [4.69, 9.17) is 15.2 Å². The number of nitrogen functional groups attached to an aromatic ring is 1. The Bertz CT molecular complexity index is 432. The maximum absolute atomic E-state index is 6.29. The standard InChI is InChI=1S/C16H26N2O2/c1-4-20-15-7-5-6-14(16(15)17)18(10-11-19-3)12(2)13-8-9-13/h5-7,12-13H,4,8-11,17H2,1-3H3. The van der Waals surface area contributed by atoms with E-state index in [9.17, 15) is 0 Å². The molecule has 2 N–H and O–H groups in total. The van der Waals surface area contributed by atoms with Crippen molar-refractivity contribution < 1.29 is 9.47 Å². The van der Waals surface area contributed by atoms with Crippen LogP contribution in [0.2, 0.25) is 0 Å². The number of ether oxygens (including phenoxy) is 2. The van der Waals surface area contributed by atoms with Crippen LogP contribution in [0.1, 0.15) is 26.7 Å². The van der Waals surface area contributed by atoms with E-state index in [1.165, 1.54) is 12.8 Å². The Morgan fingerprint density at radius 3 is 2.75 bits per heavy atom. The second kappa shape index (κ2) is 6.84. The quantitative estimate of drug-likeness (QED) is 0.743. The van der Waals surface area contributed by atoms with Gasteiger partial charge in [-0.1, -0.05) is 6.07 Å². The van der Waals surface area contributed by atoms with Gasteiger partial charge in [0.15, 0.2) is 0 Å². The molecule has 0 spiro atoms. The van der Waals surface area contributed by atoms with Gasteiger partial charge in [0.2, 0.25) is 0 Å². The number of rotatable bonds is 8. The fourth-order valence-electron chi connectivity index (χ4n) is 2.63. The zero-order valence-corrected chi connectivity index (χ0v) is 12.8. The topological polar surface area (TPSA) is 47.7 Å². The van der Waals surface area contributed by atoms with E-state index in [0.717, 1.165) is 29.6 Å². The molecule has 1 aromatic carbocycles. The lowest BCUT2D eigenvalue weighted by atomic mass is 10.1. The van der Waals surface area contributed by atoms with E-state index >= 15 is 0 Å². The van der Waals surface area contributed by atoms with Gasteiger partial charge in [-0.2, -0.15) is 0 Å². The number of nitrogens with two attached hydrogens (primary N) is 1. The molecule has 1 aliphatic rings. The molecule has 1 fully saturated rings. The molecular formula is C16H26N2O2. The first-order chi connectivity index (χ1) is 9.69. The molecule has 1 aliphatic carbocycles. The Morgan fingerprint density at radius 1 is 1.40 bits per heavy atom. The maximum atomic E-state index is 6.29. The van der Waals surface area contributed by atoms with Gasteiger partial charge in [0, 0.05) is 19.7 Å². The third-order valence-corrected chi connectivity index (χ3v) is 3.98. The molecular weight excluding hydrogens is 252 g/mol. The van der Waals surface area contributed by atoms with Gasteiger partial charge in [0.25, 0.3) is 0 Å². The summed E-state index contributed by atoms with van der Waals surface area (Å²) in [6.07, 6.45) is 2.63. The van der Waals surface area contributed by atoms with Gasteiger partial charge >= 0.3 is 0 Å². The minimum atomic E-state index is 0.490. The van der Waals surface area contributed by atoms with Crippen molar-refractivity contribution in [3.05, 3.63) is 18.2 Å². The van der Waals surface area contributed by atoms with Gasteiger partial charge in [-0.25, -0.2) is 0 Å². The summed E-state index contributed by atoms with van der Waals surface area (Å²) in [5, 5.41) is 0. The normalized spacial score (nSPS) is 15.9. The number of hydrogen-bond donors (Lipinski definition) is 1. The lowest BCUT2D eigenvalue weighted by molar-refractivity contribution is 0.202. The molecule has 4 nitrogen and oxygen atoms in total. The number of hydrogen-bond acceptors (Lipinski definition) is 4. The van der Waals surface area contributed by atoms with E-state index in [1.54, 1.807) is 7.11 Å². The first-order valence-electron chi connectivity index (χ1n) is 7.45. The summed E-state index contributed by atoms with van der Waals surface area (Å²) in [5.41, 5.74) is 8.09. The zero-order chi connectivity index (χ0) is 14.5. The summed E-state index contributed by atoms with van der Waals surface area (Å²) in [6.45, 7) is 6.44. The van der Waals surface area contributed by atoms with E-state index in [2.05, 4.69) is 17.9 Å². The first-order valence-corrected chi connectivity index (χ1v) is 7.45. The lowest BCUT2D eigenvalue weighted by Gasteiger charge is -2.32. The Labute approximate surface area is 121 Å². The van der Waals surface area contributed by atoms with Crippen LogP contribution in [0.3, 0.4) is 0 Å². The average molecular weight is 278 g/mol. The van der Waals surface area contributed by atoms with E-state index in [0.29, 0.717) is 19.3 Å². The highest BCUT2D eigenvalue weighted by Gasteiger charge is 2.32. The van der Waals surface area contributed by atoms with Crippen molar-refractivity contribution in [2.75, 3.05) is 37.5 Å². The number of nitrogens with zero attached hydrogens (tertiary/aromatic N) is 1. The molecule has 1 unspecified atom stereocenters. The Morgan fingerprint density at radius 2 is 2.15 bits per heavy atom. The summed E-state index contributed by atoms with van der Waals surface area (Å²) in [4.78, 5) is 2.36. The van der Waals surface area contributed by atoms with Crippen LogP contribution in [-0.2, 0) is 4.74 Å².